The average Bonchev–Trinajstić information content (AvgIpc) is 2.64. The molecule has 0 aliphatic rings. The van der Waals surface area contributed by atoms with Crippen LogP contribution in [0.1, 0.15) is 53.7 Å². The number of carbonyl (C=O) groups excluding carboxylic acids is 1. The summed E-state index contributed by atoms with van der Waals surface area (Å²) in [4.78, 5) is 22.6. The van der Waals surface area contributed by atoms with E-state index in [1.807, 2.05) is 31.2 Å². The molecule has 0 radical (unpaired) electrons. The van der Waals surface area contributed by atoms with Gasteiger partial charge in [-0.25, -0.2) is 0 Å². The van der Waals surface area contributed by atoms with Crippen LogP contribution in [0, 0.1) is 0 Å². The van der Waals surface area contributed by atoms with Crippen LogP contribution in [-0.4, -0.2) is 23.5 Å². The number of carboxylic acid groups (broad SMARTS) is 1. The van der Waals surface area contributed by atoms with Crippen molar-refractivity contribution in [2.75, 3.05) is 6.61 Å². The summed E-state index contributed by atoms with van der Waals surface area (Å²) in [5.74, 6) is -0.121. The molecular weight excluding hydrogens is 328 g/mol. The van der Waals surface area contributed by atoms with Crippen molar-refractivity contribution in [3.63, 3.8) is 0 Å². The number of carboxylic acids is 1. The minimum Gasteiger partial charge on any atom is -0.493 e. The van der Waals surface area contributed by atoms with Crippen molar-refractivity contribution in [2.24, 2.45) is 0 Å². The Kier molecular flexibility index (Phi) is 7.39. The van der Waals surface area contributed by atoms with Gasteiger partial charge in [-0.2, -0.15) is 0 Å². The van der Waals surface area contributed by atoms with Crippen molar-refractivity contribution in [2.45, 2.75) is 46.0 Å². The van der Waals surface area contributed by atoms with E-state index in [9.17, 15) is 9.59 Å². The molecule has 26 heavy (non-hydrogen) atoms. The van der Waals surface area contributed by atoms with Crippen molar-refractivity contribution in [1.29, 1.82) is 0 Å². The van der Waals surface area contributed by atoms with E-state index in [1.54, 1.807) is 6.92 Å². The van der Waals surface area contributed by atoms with E-state index >= 15 is 0 Å². The van der Waals surface area contributed by atoms with Crippen LogP contribution < -0.4 is 4.74 Å². The normalized spacial score (nSPS) is 10.5. The first-order chi connectivity index (χ1) is 12.5. The molecule has 0 saturated heterocycles. The molecule has 0 aliphatic carbocycles. The number of ether oxygens (including phenoxy) is 1. The maximum atomic E-state index is 12.0. The Bertz CT molecular complexity index is 750. The van der Waals surface area contributed by atoms with Gasteiger partial charge >= 0.3 is 5.97 Å². The molecule has 0 aromatic heterocycles. The van der Waals surface area contributed by atoms with E-state index in [4.69, 9.17) is 9.84 Å². The predicted octanol–water partition coefficient (Wildman–Crippen LogP) is 4.48. The summed E-state index contributed by atoms with van der Waals surface area (Å²) in [7, 11) is 0. The predicted molar refractivity (Wildman–Crippen MR) is 102 cm³/mol. The zero-order valence-electron chi connectivity index (χ0n) is 15.5. The summed E-state index contributed by atoms with van der Waals surface area (Å²) in [6, 6.07) is 14.1. The fraction of sp³-hybridized carbons (Fsp3) is 0.364. The first kappa shape index (κ1) is 19.7. The zero-order chi connectivity index (χ0) is 18.9. The number of Topliss-reactive ketones (excluding diaryl/α,β-unsaturated/α-hetero) is 1. The van der Waals surface area contributed by atoms with E-state index in [0.29, 0.717) is 24.3 Å². The number of benzene rings is 2. The lowest BCUT2D eigenvalue weighted by molar-refractivity contribution is -0.137. The molecule has 1 N–H and O–H groups in total. The van der Waals surface area contributed by atoms with Gasteiger partial charge in [-0.15, -0.1) is 0 Å². The van der Waals surface area contributed by atoms with Crippen molar-refractivity contribution in [1.82, 2.24) is 0 Å². The van der Waals surface area contributed by atoms with Crippen LogP contribution in [0.3, 0.4) is 0 Å². The van der Waals surface area contributed by atoms with E-state index in [1.165, 1.54) is 5.56 Å². The number of ketones is 1. The molecule has 2 aromatic carbocycles. The quantitative estimate of drug-likeness (QED) is 0.505. The van der Waals surface area contributed by atoms with Gasteiger partial charge in [-0.05, 0) is 55.4 Å². The highest BCUT2D eigenvalue weighted by atomic mass is 16.5. The number of carbonyl (C=O) groups is 2. The van der Waals surface area contributed by atoms with Crippen LogP contribution in [0.2, 0.25) is 0 Å². The van der Waals surface area contributed by atoms with Crippen molar-refractivity contribution < 1.29 is 19.4 Å². The van der Waals surface area contributed by atoms with E-state index in [0.717, 1.165) is 30.4 Å². The third-order valence-corrected chi connectivity index (χ3v) is 4.36. The molecule has 0 unspecified atom stereocenters. The van der Waals surface area contributed by atoms with E-state index < -0.39 is 5.97 Å². The average molecular weight is 354 g/mol. The molecule has 0 aliphatic heterocycles. The first-order valence-corrected chi connectivity index (χ1v) is 9.06. The molecule has 138 valence electrons. The Labute approximate surface area is 154 Å². The van der Waals surface area contributed by atoms with Gasteiger partial charge < -0.3 is 9.84 Å². The molecular formula is C22H26O4. The second kappa shape index (κ2) is 9.76. The molecule has 2 aromatic rings. The van der Waals surface area contributed by atoms with E-state index in [-0.39, 0.29) is 12.2 Å². The molecule has 4 nitrogen and oxygen atoms in total. The number of rotatable bonds is 10. The van der Waals surface area contributed by atoms with Crippen LogP contribution in [0.25, 0.3) is 0 Å². The van der Waals surface area contributed by atoms with Crippen molar-refractivity contribution >= 4 is 11.8 Å². The standard InChI is InChI=1S/C22H26O4/c1-3-18-14-19(12-11-17-8-5-4-6-9-17)21(15-20(18)16(2)23)26-13-7-10-22(24)25/h4-6,8-9,14-15H,3,7,10-13H2,1-2H3,(H,24,25). The van der Waals surface area contributed by atoms with Crippen LogP contribution in [0.4, 0.5) is 0 Å². The number of aliphatic carboxylic acids is 1. The highest BCUT2D eigenvalue weighted by molar-refractivity contribution is 5.96. The Morgan fingerprint density at radius 3 is 2.38 bits per heavy atom. The molecule has 0 fully saturated rings. The molecule has 0 saturated carbocycles. The molecule has 0 bridgehead atoms. The lowest BCUT2D eigenvalue weighted by Crippen LogP contribution is -2.07. The van der Waals surface area contributed by atoms with Crippen LogP contribution in [0.5, 0.6) is 5.75 Å². The van der Waals surface area contributed by atoms with Crippen LogP contribution in [-0.2, 0) is 24.1 Å². The Morgan fingerprint density at radius 1 is 1.04 bits per heavy atom. The third-order valence-electron chi connectivity index (χ3n) is 4.36. The number of hydrogen-bond donors (Lipinski definition) is 1. The van der Waals surface area contributed by atoms with Gasteiger partial charge in [0.2, 0.25) is 0 Å². The summed E-state index contributed by atoms with van der Waals surface area (Å²) in [5.41, 5.74) is 4.02. The second-order valence-corrected chi connectivity index (χ2v) is 6.36. The molecule has 0 amide bonds. The lowest BCUT2D eigenvalue weighted by Gasteiger charge is -2.16. The van der Waals surface area contributed by atoms with Crippen molar-refractivity contribution in [3.05, 3.63) is 64.7 Å². The highest BCUT2D eigenvalue weighted by Crippen LogP contribution is 2.27. The van der Waals surface area contributed by atoms with Gasteiger partial charge in [0.15, 0.2) is 5.78 Å². The molecule has 0 atom stereocenters. The fourth-order valence-electron chi connectivity index (χ4n) is 2.95. The third kappa shape index (κ3) is 5.73. The van der Waals surface area contributed by atoms with Gasteiger partial charge in [0.25, 0.3) is 0 Å². The van der Waals surface area contributed by atoms with Crippen LogP contribution in [0.15, 0.2) is 42.5 Å². The Balaban J connectivity index is 2.20. The maximum absolute atomic E-state index is 12.0. The fourth-order valence-corrected chi connectivity index (χ4v) is 2.95. The van der Waals surface area contributed by atoms with Gasteiger partial charge in [0.1, 0.15) is 5.75 Å². The zero-order valence-corrected chi connectivity index (χ0v) is 15.5. The van der Waals surface area contributed by atoms with Crippen molar-refractivity contribution in [3.8, 4) is 5.75 Å². The minimum atomic E-state index is -0.830. The topological polar surface area (TPSA) is 63.6 Å². The summed E-state index contributed by atoms with van der Waals surface area (Å²) in [5, 5.41) is 8.76. The largest absolute Gasteiger partial charge is 0.493 e. The SMILES string of the molecule is CCc1cc(CCc2ccccc2)c(OCCCC(=O)O)cc1C(C)=O. The molecule has 0 spiro atoms. The maximum Gasteiger partial charge on any atom is 0.303 e. The van der Waals surface area contributed by atoms with Crippen LogP contribution >= 0.6 is 0 Å². The summed E-state index contributed by atoms with van der Waals surface area (Å²) < 4.78 is 5.85. The molecule has 4 heteroatoms. The van der Waals surface area contributed by atoms with Gasteiger partial charge in [-0.1, -0.05) is 43.3 Å². The molecule has 2 rings (SSSR count). The minimum absolute atomic E-state index is 0.0202. The summed E-state index contributed by atoms with van der Waals surface area (Å²) in [6.07, 6.45) is 3.00. The number of aryl methyl sites for hydroxylation is 3. The first-order valence-electron chi connectivity index (χ1n) is 9.06. The van der Waals surface area contributed by atoms with Gasteiger partial charge in [0, 0.05) is 12.0 Å². The van der Waals surface area contributed by atoms with Gasteiger partial charge in [-0.3, -0.25) is 9.59 Å². The lowest BCUT2D eigenvalue weighted by atomic mass is 9.95. The summed E-state index contributed by atoms with van der Waals surface area (Å²) in [6.45, 7) is 3.93. The van der Waals surface area contributed by atoms with E-state index in [2.05, 4.69) is 18.2 Å². The Hall–Kier alpha value is -2.62. The molecule has 0 heterocycles. The highest BCUT2D eigenvalue weighted by Gasteiger charge is 2.13. The Morgan fingerprint density at radius 2 is 1.77 bits per heavy atom. The number of hydrogen-bond acceptors (Lipinski definition) is 3. The second-order valence-electron chi connectivity index (χ2n) is 6.36. The monoisotopic (exact) mass is 354 g/mol. The summed E-state index contributed by atoms with van der Waals surface area (Å²) >= 11 is 0. The van der Waals surface area contributed by atoms with Gasteiger partial charge in [0.05, 0.1) is 6.61 Å². The smallest absolute Gasteiger partial charge is 0.303 e.